The lowest BCUT2D eigenvalue weighted by molar-refractivity contribution is 0.292. The maximum Gasteiger partial charge on any atom is 0.208 e. The molecule has 0 unspecified atom stereocenters. The summed E-state index contributed by atoms with van der Waals surface area (Å²) in [4.78, 5) is 8.71. The number of rotatable bonds is 8. The number of nitrogens with one attached hydrogen (secondary N) is 1. The van der Waals surface area contributed by atoms with Gasteiger partial charge in [-0.15, -0.1) is 5.10 Å². The highest BCUT2D eigenvalue weighted by Crippen LogP contribution is 2.21. The number of ether oxygens (including phenoxy) is 1. The summed E-state index contributed by atoms with van der Waals surface area (Å²) >= 11 is 1.63. The standard InChI is InChI=1S/C17H21N5OS/c1-3-4-15-19-17(21-20-15)24-12-13-5-7-14(8-6-13)23-11-16-18-9-10-22(16)2/h5-10H,3-4,11-12H2,1-2H3,(H,19,20,21). The molecule has 2 aromatic heterocycles. The van der Waals surface area contributed by atoms with E-state index in [4.69, 9.17) is 4.74 Å². The fourth-order valence-corrected chi connectivity index (χ4v) is 2.98. The zero-order chi connectivity index (χ0) is 16.8. The molecule has 6 nitrogen and oxygen atoms in total. The van der Waals surface area contributed by atoms with E-state index in [-0.39, 0.29) is 0 Å². The number of nitrogens with zero attached hydrogens (tertiary/aromatic N) is 4. The van der Waals surface area contributed by atoms with Gasteiger partial charge in [0.2, 0.25) is 5.16 Å². The Morgan fingerprint density at radius 1 is 1.25 bits per heavy atom. The van der Waals surface area contributed by atoms with Crippen molar-refractivity contribution in [1.29, 1.82) is 0 Å². The molecule has 0 atom stereocenters. The number of aromatic amines is 1. The Balaban J connectivity index is 1.49. The largest absolute Gasteiger partial charge is 0.486 e. The van der Waals surface area contributed by atoms with Gasteiger partial charge in [0.15, 0.2) is 0 Å². The summed E-state index contributed by atoms with van der Waals surface area (Å²) in [6.07, 6.45) is 5.69. The van der Waals surface area contributed by atoms with Crippen molar-refractivity contribution in [1.82, 2.24) is 24.7 Å². The van der Waals surface area contributed by atoms with Crippen molar-refractivity contribution in [2.45, 2.75) is 37.3 Å². The summed E-state index contributed by atoms with van der Waals surface area (Å²) in [5.41, 5.74) is 1.21. The first-order valence-electron chi connectivity index (χ1n) is 7.96. The Labute approximate surface area is 145 Å². The van der Waals surface area contributed by atoms with Crippen molar-refractivity contribution in [3.63, 3.8) is 0 Å². The van der Waals surface area contributed by atoms with Crippen molar-refractivity contribution >= 4 is 11.8 Å². The van der Waals surface area contributed by atoms with Crippen LogP contribution < -0.4 is 4.74 Å². The zero-order valence-electron chi connectivity index (χ0n) is 13.9. The molecule has 0 radical (unpaired) electrons. The van der Waals surface area contributed by atoms with Gasteiger partial charge >= 0.3 is 0 Å². The second-order valence-electron chi connectivity index (χ2n) is 5.49. The Kier molecular flexibility index (Phi) is 5.53. The molecule has 0 aliphatic rings. The molecule has 2 heterocycles. The first-order chi connectivity index (χ1) is 11.7. The topological polar surface area (TPSA) is 68.6 Å². The SMILES string of the molecule is CCCc1nc(SCc2ccc(OCc3nccn3C)cc2)n[nH]1. The van der Waals surface area contributed by atoms with E-state index < -0.39 is 0 Å². The molecular formula is C17H21N5OS. The summed E-state index contributed by atoms with van der Waals surface area (Å²) in [7, 11) is 1.96. The lowest BCUT2D eigenvalue weighted by Gasteiger charge is -2.07. The maximum atomic E-state index is 5.76. The van der Waals surface area contributed by atoms with Gasteiger partial charge in [0.1, 0.15) is 24.0 Å². The summed E-state index contributed by atoms with van der Waals surface area (Å²) in [5.74, 6) is 3.54. The average Bonchev–Trinajstić information content (AvgIpc) is 3.21. The van der Waals surface area contributed by atoms with Crippen LogP contribution in [-0.2, 0) is 25.8 Å². The number of aryl methyl sites for hydroxylation is 2. The molecule has 0 saturated carbocycles. The van der Waals surface area contributed by atoms with Crippen LogP contribution in [0.2, 0.25) is 0 Å². The van der Waals surface area contributed by atoms with Crippen LogP contribution in [0, 0.1) is 0 Å². The van der Waals surface area contributed by atoms with Crippen molar-refractivity contribution in [3.8, 4) is 5.75 Å². The summed E-state index contributed by atoms with van der Waals surface area (Å²) in [5, 5.41) is 8.00. The summed E-state index contributed by atoms with van der Waals surface area (Å²) in [6.45, 7) is 2.60. The van der Waals surface area contributed by atoms with Gasteiger partial charge in [-0.2, -0.15) is 0 Å². The van der Waals surface area contributed by atoms with Gasteiger partial charge in [0.25, 0.3) is 0 Å². The molecule has 24 heavy (non-hydrogen) atoms. The predicted octanol–water partition coefficient (Wildman–Crippen LogP) is 3.36. The molecule has 0 aliphatic heterocycles. The normalized spacial score (nSPS) is 10.9. The number of benzene rings is 1. The van der Waals surface area contributed by atoms with Crippen LogP contribution in [0.3, 0.4) is 0 Å². The van der Waals surface area contributed by atoms with Crippen molar-refractivity contribution < 1.29 is 4.74 Å². The fraction of sp³-hybridized carbons (Fsp3) is 0.353. The molecule has 3 rings (SSSR count). The summed E-state index contributed by atoms with van der Waals surface area (Å²) < 4.78 is 7.71. The minimum Gasteiger partial charge on any atom is -0.486 e. The second kappa shape index (κ2) is 8.01. The lowest BCUT2D eigenvalue weighted by atomic mass is 10.2. The van der Waals surface area contributed by atoms with E-state index >= 15 is 0 Å². The highest BCUT2D eigenvalue weighted by molar-refractivity contribution is 7.98. The Morgan fingerprint density at radius 2 is 2.08 bits per heavy atom. The van der Waals surface area contributed by atoms with Gasteiger partial charge in [0, 0.05) is 31.6 Å². The van der Waals surface area contributed by atoms with Crippen LogP contribution in [0.25, 0.3) is 0 Å². The maximum absolute atomic E-state index is 5.76. The van der Waals surface area contributed by atoms with Crippen LogP contribution in [0.5, 0.6) is 5.75 Å². The van der Waals surface area contributed by atoms with Gasteiger partial charge in [-0.25, -0.2) is 9.97 Å². The van der Waals surface area contributed by atoms with Crippen molar-refractivity contribution in [3.05, 3.63) is 53.9 Å². The van der Waals surface area contributed by atoms with E-state index in [0.29, 0.717) is 6.61 Å². The third kappa shape index (κ3) is 4.38. The van der Waals surface area contributed by atoms with Gasteiger partial charge in [0.05, 0.1) is 0 Å². The molecule has 7 heteroatoms. The lowest BCUT2D eigenvalue weighted by Crippen LogP contribution is -2.02. The van der Waals surface area contributed by atoms with E-state index in [9.17, 15) is 0 Å². The highest BCUT2D eigenvalue weighted by atomic mass is 32.2. The molecular weight excluding hydrogens is 322 g/mol. The third-order valence-corrected chi connectivity index (χ3v) is 4.50. The van der Waals surface area contributed by atoms with Gasteiger partial charge in [-0.05, 0) is 24.1 Å². The van der Waals surface area contributed by atoms with E-state index in [1.54, 1.807) is 18.0 Å². The van der Waals surface area contributed by atoms with Crippen molar-refractivity contribution in [2.75, 3.05) is 0 Å². The molecule has 0 aliphatic carbocycles. The number of aromatic nitrogens is 5. The zero-order valence-corrected chi connectivity index (χ0v) is 14.7. The number of imidazole rings is 1. The van der Waals surface area contributed by atoms with Crippen LogP contribution in [0.15, 0.2) is 41.8 Å². The van der Waals surface area contributed by atoms with Crippen LogP contribution in [0.4, 0.5) is 0 Å². The molecule has 0 bridgehead atoms. The molecule has 1 aromatic carbocycles. The van der Waals surface area contributed by atoms with Gasteiger partial charge in [-0.3, -0.25) is 5.10 Å². The monoisotopic (exact) mass is 343 g/mol. The number of hydrogen-bond donors (Lipinski definition) is 1. The van der Waals surface area contributed by atoms with Gasteiger partial charge in [-0.1, -0.05) is 30.8 Å². The van der Waals surface area contributed by atoms with E-state index in [1.165, 1.54) is 5.56 Å². The molecule has 126 valence electrons. The minimum absolute atomic E-state index is 0.467. The van der Waals surface area contributed by atoms with Gasteiger partial charge < -0.3 is 9.30 Å². The number of hydrogen-bond acceptors (Lipinski definition) is 5. The molecule has 0 amide bonds. The molecule has 0 saturated heterocycles. The first kappa shape index (κ1) is 16.6. The fourth-order valence-electron chi connectivity index (χ4n) is 2.20. The van der Waals surface area contributed by atoms with Crippen LogP contribution in [0.1, 0.15) is 30.6 Å². The Morgan fingerprint density at radius 3 is 2.79 bits per heavy atom. The van der Waals surface area contributed by atoms with Crippen molar-refractivity contribution in [2.24, 2.45) is 7.05 Å². The highest BCUT2D eigenvalue weighted by Gasteiger charge is 2.05. The molecule has 0 spiro atoms. The first-order valence-corrected chi connectivity index (χ1v) is 8.95. The molecule has 3 aromatic rings. The summed E-state index contributed by atoms with van der Waals surface area (Å²) in [6, 6.07) is 8.11. The Hall–Kier alpha value is -2.28. The minimum atomic E-state index is 0.467. The third-order valence-electron chi connectivity index (χ3n) is 3.58. The van der Waals surface area contributed by atoms with Crippen LogP contribution >= 0.6 is 11.8 Å². The van der Waals surface area contributed by atoms with E-state index in [1.807, 2.05) is 29.9 Å². The second-order valence-corrected chi connectivity index (χ2v) is 6.43. The number of H-pyrrole nitrogens is 1. The smallest absolute Gasteiger partial charge is 0.208 e. The molecule has 1 N–H and O–H groups in total. The Bertz CT molecular complexity index is 765. The van der Waals surface area contributed by atoms with E-state index in [0.717, 1.165) is 41.1 Å². The van der Waals surface area contributed by atoms with E-state index in [2.05, 4.69) is 39.2 Å². The molecule has 0 fully saturated rings. The quantitative estimate of drug-likeness (QED) is 0.635. The number of thioether (sulfide) groups is 1. The predicted molar refractivity (Wildman–Crippen MR) is 93.9 cm³/mol. The van der Waals surface area contributed by atoms with Crippen LogP contribution in [-0.4, -0.2) is 24.7 Å². The average molecular weight is 343 g/mol.